The first-order valence-corrected chi connectivity index (χ1v) is 13.8. The van der Waals surface area contributed by atoms with E-state index in [0.717, 1.165) is 5.56 Å². The van der Waals surface area contributed by atoms with E-state index in [-0.39, 0.29) is 11.3 Å². The van der Waals surface area contributed by atoms with Gasteiger partial charge in [0.05, 0.1) is 28.7 Å². The standard InChI is InChI=1S/C27H33BN2O7S/c1-17-8-11-21(12-9-17)38(33,34)30-16-19(14-23(25(32)35-7)29-18(2)31)22-13-10-20(15-24(22)30)28-36-26(3,4)27(5,6)37-28/h8-13,15-16,23H,14H2,1-7H3,(H,29,31)/t23-/m1/s1. The fraction of sp³-hybridized carbons (Fsp3) is 0.407. The Morgan fingerprint density at radius 1 is 1.05 bits per heavy atom. The van der Waals surface area contributed by atoms with Crippen LogP contribution in [-0.2, 0) is 40.1 Å². The van der Waals surface area contributed by atoms with E-state index in [0.29, 0.717) is 21.9 Å². The van der Waals surface area contributed by atoms with Crippen LogP contribution in [0.25, 0.3) is 10.9 Å². The number of hydrogen-bond donors (Lipinski definition) is 1. The number of benzene rings is 2. The maximum absolute atomic E-state index is 13.8. The number of methoxy groups -OCH3 is 1. The minimum Gasteiger partial charge on any atom is -0.467 e. The molecular weight excluding hydrogens is 507 g/mol. The molecule has 11 heteroatoms. The Bertz CT molecular complexity index is 1480. The van der Waals surface area contributed by atoms with E-state index in [9.17, 15) is 18.0 Å². The van der Waals surface area contributed by atoms with Crippen molar-refractivity contribution in [2.24, 2.45) is 0 Å². The zero-order valence-corrected chi connectivity index (χ0v) is 23.5. The van der Waals surface area contributed by atoms with Crippen LogP contribution < -0.4 is 10.8 Å². The molecule has 4 rings (SSSR count). The highest BCUT2D eigenvalue weighted by Crippen LogP contribution is 2.37. The predicted octanol–water partition coefficient (Wildman–Crippen LogP) is 2.71. The summed E-state index contributed by atoms with van der Waals surface area (Å²) in [7, 11) is -3.46. The molecule has 0 unspecified atom stereocenters. The Morgan fingerprint density at radius 2 is 1.66 bits per heavy atom. The summed E-state index contributed by atoms with van der Waals surface area (Å²) in [6.45, 7) is 11.0. The normalized spacial score (nSPS) is 17.4. The summed E-state index contributed by atoms with van der Waals surface area (Å²) >= 11 is 0. The van der Waals surface area contributed by atoms with Crippen molar-refractivity contribution < 1.29 is 32.1 Å². The molecule has 38 heavy (non-hydrogen) atoms. The lowest BCUT2D eigenvalue weighted by Crippen LogP contribution is -2.41. The zero-order valence-electron chi connectivity index (χ0n) is 22.7. The van der Waals surface area contributed by atoms with Gasteiger partial charge in [0.1, 0.15) is 6.04 Å². The minimum atomic E-state index is -4.00. The molecule has 2 heterocycles. The van der Waals surface area contributed by atoms with Crippen LogP contribution in [0.15, 0.2) is 53.6 Å². The number of rotatable bonds is 7. The summed E-state index contributed by atoms with van der Waals surface area (Å²) in [6.07, 6.45) is 1.53. The lowest BCUT2D eigenvalue weighted by atomic mass is 9.78. The zero-order chi connectivity index (χ0) is 28.0. The average molecular weight is 540 g/mol. The van der Waals surface area contributed by atoms with Gasteiger partial charge >= 0.3 is 13.1 Å². The van der Waals surface area contributed by atoms with Crippen LogP contribution in [0.2, 0.25) is 0 Å². The summed E-state index contributed by atoms with van der Waals surface area (Å²) in [5, 5.41) is 3.20. The van der Waals surface area contributed by atoms with Gasteiger partial charge in [-0.25, -0.2) is 17.2 Å². The number of aryl methyl sites for hydroxylation is 1. The molecule has 0 bridgehead atoms. The van der Waals surface area contributed by atoms with Gasteiger partial charge in [0, 0.05) is 24.9 Å². The molecule has 202 valence electrons. The van der Waals surface area contributed by atoms with E-state index < -0.39 is 46.3 Å². The molecule has 0 saturated carbocycles. The van der Waals surface area contributed by atoms with Crippen molar-refractivity contribution in [1.82, 2.24) is 9.29 Å². The van der Waals surface area contributed by atoms with Gasteiger partial charge in [0.2, 0.25) is 5.91 Å². The van der Waals surface area contributed by atoms with Gasteiger partial charge in [-0.15, -0.1) is 0 Å². The van der Waals surface area contributed by atoms with Crippen LogP contribution in [0.3, 0.4) is 0 Å². The van der Waals surface area contributed by atoms with Crippen molar-refractivity contribution in [2.75, 3.05) is 7.11 Å². The Morgan fingerprint density at radius 3 is 2.21 bits per heavy atom. The number of fused-ring (bicyclic) bond motifs is 1. The summed E-state index contributed by atoms with van der Waals surface area (Å²) in [5.41, 5.74) is 1.41. The minimum absolute atomic E-state index is 0.0367. The third-order valence-corrected chi connectivity index (χ3v) is 8.96. The highest BCUT2D eigenvalue weighted by Gasteiger charge is 2.51. The molecule has 1 fully saturated rings. The molecule has 9 nitrogen and oxygen atoms in total. The number of amides is 1. The van der Waals surface area contributed by atoms with Crippen LogP contribution in [0.1, 0.15) is 45.7 Å². The van der Waals surface area contributed by atoms with E-state index in [1.54, 1.807) is 36.4 Å². The van der Waals surface area contributed by atoms with Crippen molar-refractivity contribution in [1.29, 1.82) is 0 Å². The topological polar surface area (TPSA) is 113 Å². The predicted molar refractivity (Wildman–Crippen MR) is 145 cm³/mol. The number of hydrogen-bond acceptors (Lipinski definition) is 7. The fourth-order valence-corrected chi connectivity index (χ4v) is 5.78. The van der Waals surface area contributed by atoms with Crippen molar-refractivity contribution in [2.45, 2.75) is 70.1 Å². The van der Waals surface area contributed by atoms with E-state index in [1.807, 2.05) is 40.7 Å². The highest BCUT2D eigenvalue weighted by atomic mass is 32.2. The second-order valence-corrected chi connectivity index (χ2v) is 12.4. The van der Waals surface area contributed by atoms with E-state index in [1.165, 1.54) is 24.2 Å². The van der Waals surface area contributed by atoms with Crippen LogP contribution in [0, 0.1) is 6.92 Å². The van der Waals surface area contributed by atoms with Gasteiger partial charge < -0.3 is 19.4 Å². The second kappa shape index (κ2) is 9.87. The lowest BCUT2D eigenvalue weighted by Gasteiger charge is -2.32. The van der Waals surface area contributed by atoms with Crippen LogP contribution >= 0.6 is 0 Å². The molecule has 1 aliphatic heterocycles. The number of aromatic nitrogens is 1. The number of carbonyl (C=O) groups is 2. The smallest absolute Gasteiger partial charge is 0.467 e. The third-order valence-electron chi connectivity index (χ3n) is 7.27. The van der Waals surface area contributed by atoms with Gasteiger partial charge in [-0.2, -0.15) is 0 Å². The Hall–Kier alpha value is -3.15. The van der Waals surface area contributed by atoms with Crippen molar-refractivity contribution in [3.05, 3.63) is 59.8 Å². The molecule has 1 aromatic heterocycles. The first-order chi connectivity index (χ1) is 17.7. The summed E-state index contributed by atoms with van der Waals surface area (Å²) < 4.78 is 46.1. The number of esters is 1. The van der Waals surface area contributed by atoms with Crippen molar-refractivity contribution >= 4 is 45.4 Å². The molecule has 0 radical (unpaired) electrons. The molecule has 0 spiro atoms. The number of nitrogens with one attached hydrogen (secondary N) is 1. The largest absolute Gasteiger partial charge is 0.494 e. The maximum Gasteiger partial charge on any atom is 0.494 e. The van der Waals surface area contributed by atoms with Crippen molar-refractivity contribution in [3.8, 4) is 0 Å². The molecule has 1 amide bonds. The number of carbonyl (C=O) groups excluding carboxylic acids is 2. The fourth-order valence-electron chi connectivity index (χ4n) is 4.40. The van der Waals surface area contributed by atoms with E-state index in [2.05, 4.69) is 5.32 Å². The molecule has 1 saturated heterocycles. The SMILES string of the molecule is COC(=O)[C@@H](Cc1cn(S(=O)(=O)c2ccc(C)cc2)c2cc(B3OC(C)(C)C(C)(C)O3)ccc12)NC(C)=O. The molecule has 1 N–H and O–H groups in total. The van der Waals surface area contributed by atoms with Crippen LogP contribution in [0.5, 0.6) is 0 Å². The molecular formula is C27H33BN2O7S. The maximum atomic E-state index is 13.8. The Balaban J connectivity index is 1.87. The van der Waals surface area contributed by atoms with Gasteiger partial charge in [-0.1, -0.05) is 29.8 Å². The second-order valence-electron chi connectivity index (χ2n) is 10.6. The quantitative estimate of drug-likeness (QED) is 0.362. The van der Waals surface area contributed by atoms with E-state index in [4.69, 9.17) is 14.0 Å². The number of nitrogens with zero attached hydrogens (tertiary/aromatic N) is 1. The molecule has 3 aromatic rings. The lowest BCUT2D eigenvalue weighted by molar-refractivity contribution is -0.144. The highest BCUT2D eigenvalue weighted by molar-refractivity contribution is 7.90. The van der Waals surface area contributed by atoms with Gasteiger partial charge in [-0.05, 0) is 63.8 Å². The van der Waals surface area contributed by atoms with Crippen LogP contribution in [-0.4, -0.2) is 55.7 Å². The van der Waals surface area contributed by atoms with E-state index >= 15 is 0 Å². The van der Waals surface area contributed by atoms with Gasteiger partial charge in [0.25, 0.3) is 10.0 Å². The Kier molecular flexibility index (Phi) is 7.24. The monoisotopic (exact) mass is 540 g/mol. The molecule has 2 aromatic carbocycles. The first-order valence-electron chi connectivity index (χ1n) is 12.3. The third kappa shape index (κ3) is 5.10. The number of ether oxygens (including phenoxy) is 1. The summed E-state index contributed by atoms with van der Waals surface area (Å²) in [6, 6.07) is 10.9. The van der Waals surface area contributed by atoms with Crippen LogP contribution in [0.4, 0.5) is 0 Å². The summed E-state index contributed by atoms with van der Waals surface area (Å²) in [5.74, 6) is -1.03. The van der Waals surface area contributed by atoms with Gasteiger partial charge in [0.15, 0.2) is 0 Å². The first kappa shape index (κ1) is 27.9. The summed E-state index contributed by atoms with van der Waals surface area (Å²) in [4.78, 5) is 24.3. The average Bonchev–Trinajstić information content (AvgIpc) is 3.31. The van der Waals surface area contributed by atoms with Gasteiger partial charge in [-0.3, -0.25) is 4.79 Å². The Labute approximate surface area is 223 Å². The molecule has 0 aliphatic carbocycles. The molecule has 1 atom stereocenters. The molecule has 1 aliphatic rings. The van der Waals surface area contributed by atoms with Crippen molar-refractivity contribution in [3.63, 3.8) is 0 Å².